The number of nitrogens with one attached hydrogen (secondary N) is 2. The van der Waals surface area contributed by atoms with E-state index in [4.69, 9.17) is 4.74 Å². The average molecular weight is 332 g/mol. The van der Waals surface area contributed by atoms with Crippen molar-refractivity contribution in [2.75, 3.05) is 19.7 Å². The van der Waals surface area contributed by atoms with Crippen LogP contribution >= 0.6 is 0 Å². The predicted octanol–water partition coefficient (Wildman–Crippen LogP) is 1.31. The van der Waals surface area contributed by atoms with Gasteiger partial charge >= 0.3 is 6.18 Å². The SMILES string of the molecule is O=C(NCC(O)COc1ccc(C(F)(F)F)cc1)C1CCCN1. The van der Waals surface area contributed by atoms with Crippen molar-refractivity contribution >= 4 is 5.91 Å². The van der Waals surface area contributed by atoms with Gasteiger partial charge in [-0.1, -0.05) is 0 Å². The fourth-order valence-corrected chi connectivity index (χ4v) is 2.24. The van der Waals surface area contributed by atoms with Crippen molar-refractivity contribution in [3.8, 4) is 5.75 Å². The van der Waals surface area contributed by atoms with Crippen LogP contribution in [0.2, 0.25) is 0 Å². The Morgan fingerprint density at radius 2 is 2.09 bits per heavy atom. The number of hydrogen-bond acceptors (Lipinski definition) is 4. The van der Waals surface area contributed by atoms with E-state index in [0.717, 1.165) is 31.5 Å². The molecule has 8 heteroatoms. The number of rotatable bonds is 6. The molecule has 0 spiro atoms. The Balaban J connectivity index is 1.71. The van der Waals surface area contributed by atoms with E-state index in [9.17, 15) is 23.1 Å². The van der Waals surface area contributed by atoms with Gasteiger partial charge in [0.15, 0.2) is 0 Å². The van der Waals surface area contributed by atoms with Crippen molar-refractivity contribution in [3.05, 3.63) is 29.8 Å². The highest BCUT2D eigenvalue weighted by Crippen LogP contribution is 2.30. The van der Waals surface area contributed by atoms with Crippen molar-refractivity contribution in [1.29, 1.82) is 0 Å². The minimum atomic E-state index is -4.39. The Hall–Kier alpha value is -1.80. The van der Waals surface area contributed by atoms with E-state index in [1.165, 1.54) is 12.1 Å². The van der Waals surface area contributed by atoms with Gasteiger partial charge in [-0.3, -0.25) is 4.79 Å². The molecule has 1 aliphatic heterocycles. The monoisotopic (exact) mass is 332 g/mol. The summed E-state index contributed by atoms with van der Waals surface area (Å²) in [6.07, 6.45) is -3.62. The molecular formula is C15H19F3N2O3. The van der Waals surface area contributed by atoms with Crippen LogP contribution in [0, 0.1) is 0 Å². The maximum Gasteiger partial charge on any atom is 0.416 e. The molecule has 1 saturated heterocycles. The largest absolute Gasteiger partial charge is 0.491 e. The maximum atomic E-state index is 12.4. The van der Waals surface area contributed by atoms with Crippen molar-refractivity contribution in [1.82, 2.24) is 10.6 Å². The lowest BCUT2D eigenvalue weighted by Gasteiger charge is -2.16. The zero-order valence-electron chi connectivity index (χ0n) is 12.4. The van der Waals surface area contributed by atoms with Crippen molar-refractivity contribution in [3.63, 3.8) is 0 Å². The lowest BCUT2D eigenvalue weighted by molar-refractivity contribution is -0.137. The average Bonchev–Trinajstić information content (AvgIpc) is 3.04. The first-order valence-corrected chi connectivity index (χ1v) is 7.35. The highest BCUT2D eigenvalue weighted by Gasteiger charge is 2.30. The zero-order chi connectivity index (χ0) is 16.9. The van der Waals surface area contributed by atoms with E-state index in [1.54, 1.807) is 0 Å². The minimum absolute atomic E-state index is 0.0254. The first-order chi connectivity index (χ1) is 10.9. The molecule has 3 N–H and O–H groups in total. The fourth-order valence-electron chi connectivity index (χ4n) is 2.24. The van der Waals surface area contributed by atoms with Crippen LogP contribution in [0.5, 0.6) is 5.75 Å². The van der Waals surface area contributed by atoms with Gasteiger partial charge in [0.1, 0.15) is 18.5 Å². The number of carbonyl (C=O) groups is 1. The lowest BCUT2D eigenvalue weighted by atomic mass is 10.2. The summed E-state index contributed by atoms with van der Waals surface area (Å²) >= 11 is 0. The molecule has 0 bridgehead atoms. The summed E-state index contributed by atoms with van der Waals surface area (Å²) in [4.78, 5) is 11.7. The number of benzene rings is 1. The molecule has 0 aromatic heterocycles. The summed E-state index contributed by atoms with van der Waals surface area (Å²) < 4.78 is 42.4. The van der Waals surface area contributed by atoms with Crippen LogP contribution in [0.25, 0.3) is 0 Å². The van der Waals surface area contributed by atoms with Crippen molar-refractivity contribution in [2.24, 2.45) is 0 Å². The van der Waals surface area contributed by atoms with Crippen molar-refractivity contribution in [2.45, 2.75) is 31.2 Å². The van der Waals surface area contributed by atoms with Gasteiger partial charge in [0, 0.05) is 6.54 Å². The first kappa shape index (κ1) is 17.6. The number of alkyl halides is 3. The van der Waals surface area contributed by atoms with E-state index < -0.39 is 17.8 Å². The third-order valence-corrected chi connectivity index (χ3v) is 3.51. The maximum absolute atomic E-state index is 12.4. The Morgan fingerprint density at radius 3 is 2.65 bits per heavy atom. The van der Waals surface area contributed by atoms with Gasteiger partial charge in [-0.2, -0.15) is 13.2 Å². The third-order valence-electron chi connectivity index (χ3n) is 3.51. The number of carbonyl (C=O) groups excluding carboxylic acids is 1. The molecule has 0 saturated carbocycles. The van der Waals surface area contributed by atoms with Gasteiger partial charge in [-0.25, -0.2) is 0 Å². The van der Waals surface area contributed by atoms with Gasteiger partial charge in [-0.15, -0.1) is 0 Å². The van der Waals surface area contributed by atoms with Crippen LogP contribution in [0.3, 0.4) is 0 Å². The lowest BCUT2D eigenvalue weighted by Crippen LogP contribution is -2.44. The zero-order valence-corrected chi connectivity index (χ0v) is 12.4. The van der Waals surface area contributed by atoms with Gasteiger partial charge in [0.05, 0.1) is 11.6 Å². The summed E-state index contributed by atoms with van der Waals surface area (Å²) in [6.45, 7) is 0.707. The summed E-state index contributed by atoms with van der Waals surface area (Å²) in [7, 11) is 0. The molecule has 2 rings (SSSR count). The summed E-state index contributed by atoms with van der Waals surface area (Å²) in [5.41, 5.74) is -0.762. The quantitative estimate of drug-likeness (QED) is 0.735. The number of amides is 1. The van der Waals surface area contributed by atoms with E-state index >= 15 is 0 Å². The van der Waals surface area contributed by atoms with Gasteiger partial charge in [0.25, 0.3) is 0 Å². The number of ether oxygens (including phenoxy) is 1. The molecule has 5 nitrogen and oxygen atoms in total. The number of hydrogen-bond donors (Lipinski definition) is 3. The number of aliphatic hydroxyl groups excluding tert-OH is 1. The molecule has 1 aromatic carbocycles. The van der Waals surface area contributed by atoms with Crippen LogP contribution in [-0.2, 0) is 11.0 Å². The van der Waals surface area contributed by atoms with Crippen LogP contribution in [-0.4, -0.2) is 42.9 Å². The highest BCUT2D eigenvalue weighted by molar-refractivity contribution is 5.82. The second-order valence-corrected chi connectivity index (χ2v) is 5.38. The second-order valence-electron chi connectivity index (χ2n) is 5.38. The van der Waals surface area contributed by atoms with E-state index in [0.29, 0.717) is 0 Å². The summed E-state index contributed by atoms with van der Waals surface area (Å²) in [6, 6.07) is 3.98. The topological polar surface area (TPSA) is 70.6 Å². The molecule has 2 unspecified atom stereocenters. The standard InChI is InChI=1S/C15H19F3N2O3/c16-15(17,18)10-3-5-12(6-4-10)23-9-11(21)8-20-14(22)13-2-1-7-19-13/h3-6,11,13,19,21H,1-2,7-9H2,(H,20,22). The molecule has 1 fully saturated rings. The molecule has 23 heavy (non-hydrogen) atoms. The fraction of sp³-hybridized carbons (Fsp3) is 0.533. The van der Waals surface area contributed by atoms with Crippen LogP contribution in [0.15, 0.2) is 24.3 Å². The second kappa shape index (κ2) is 7.65. The van der Waals surface area contributed by atoms with E-state index in [1.807, 2.05) is 0 Å². The number of aliphatic hydroxyl groups is 1. The Morgan fingerprint density at radius 1 is 1.39 bits per heavy atom. The predicted molar refractivity (Wildman–Crippen MR) is 77.0 cm³/mol. The molecule has 2 atom stereocenters. The normalized spacial score (nSPS) is 19.4. The molecular weight excluding hydrogens is 313 g/mol. The van der Waals surface area contributed by atoms with E-state index in [-0.39, 0.29) is 30.9 Å². The van der Waals surface area contributed by atoms with Crippen LogP contribution in [0.1, 0.15) is 18.4 Å². The number of halogens is 3. The molecule has 0 radical (unpaired) electrons. The third kappa shape index (κ3) is 5.40. The van der Waals surface area contributed by atoms with Crippen molar-refractivity contribution < 1.29 is 27.8 Å². The minimum Gasteiger partial charge on any atom is -0.491 e. The first-order valence-electron chi connectivity index (χ1n) is 7.35. The molecule has 1 amide bonds. The Bertz CT molecular complexity index is 514. The van der Waals surface area contributed by atoms with Gasteiger partial charge < -0.3 is 20.5 Å². The smallest absolute Gasteiger partial charge is 0.416 e. The highest BCUT2D eigenvalue weighted by atomic mass is 19.4. The Kier molecular flexibility index (Phi) is 5.84. The summed E-state index contributed by atoms with van der Waals surface area (Å²) in [5.74, 6) is 0.0527. The molecule has 1 aromatic rings. The molecule has 0 aliphatic carbocycles. The molecule has 128 valence electrons. The van der Waals surface area contributed by atoms with Gasteiger partial charge in [-0.05, 0) is 43.7 Å². The Labute approximate surface area is 131 Å². The molecule has 1 heterocycles. The summed E-state index contributed by atoms with van der Waals surface area (Å²) in [5, 5.41) is 15.4. The molecule has 1 aliphatic rings. The van der Waals surface area contributed by atoms with Crippen LogP contribution in [0.4, 0.5) is 13.2 Å². The van der Waals surface area contributed by atoms with Gasteiger partial charge in [0.2, 0.25) is 5.91 Å². The van der Waals surface area contributed by atoms with Crippen LogP contribution < -0.4 is 15.4 Å². The van der Waals surface area contributed by atoms with E-state index in [2.05, 4.69) is 10.6 Å².